The summed E-state index contributed by atoms with van der Waals surface area (Å²) < 4.78 is 14.2. The highest BCUT2D eigenvalue weighted by Crippen LogP contribution is 2.31. The molecule has 0 radical (unpaired) electrons. The van der Waals surface area contributed by atoms with Crippen LogP contribution in [0.5, 0.6) is 0 Å². The Labute approximate surface area is 113 Å². The Morgan fingerprint density at radius 3 is 2.68 bits per heavy atom. The molecule has 0 aromatic heterocycles. The minimum atomic E-state index is -0.350. The second kappa shape index (κ2) is 6.15. The zero-order valence-electron chi connectivity index (χ0n) is 11.2. The molecule has 0 saturated heterocycles. The molecule has 0 unspecified atom stereocenters. The van der Waals surface area contributed by atoms with Crippen molar-refractivity contribution in [2.75, 3.05) is 18.1 Å². The van der Waals surface area contributed by atoms with Gasteiger partial charge in [-0.1, -0.05) is 0 Å². The lowest BCUT2D eigenvalue weighted by Crippen LogP contribution is -2.41. The zero-order valence-corrected chi connectivity index (χ0v) is 11.2. The highest BCUT2D eigenvalue weighted by Gasteiger charge is 2.26. The van der Waals surface area contributed by atoms with E-state index < -0.39 is 0 Å². The average molecular weight is 265 g/mol. The number of hydrogen-bond donors (Lipinski definition) is 1. The van der Waals surface area contributed by atoms with Crippen molar-refractivity contribution in [2.24, 2.45) is 0 Å². The molecule has 3 nitrogen and oxygen atoms in total. The van der Waals surface area contributed by atoms with Crippen LogP contribution in [0.15, 0.2) is 18.2 Å². The molecule has 0 aliphatic heterocycles. The number of aliphatic hydroxyl groups excluding tert-OH is 1. The van der Waals surface area contributed by atoms with Crippen molar-refractivity contribution in [3.63, 3.8) is 0 Å². The molecule has 0 atom stereocenters. The van der Waals surface area contributed by atoms with Crippen molar-refractivity contribution >= 4 is 11.5 Å². The molecule has 104 valence electrons. The van der Waals surface area contributed by atoms with Gasteiger partial charge in [0.05, 0.1) is 5.69 Å². The van der Waals surface area contributed by atoms with Crippen molar-refractivity contribution in [2.45, 2.75) is 38.6 Å². The number of anilines is 1. The number of halogens is 1. The van der Waals surface area contributed by atoms with Crippen LogP contribution in [0.1, 0.15) is 43.0 Å². The first-order chi connectivity index (χ1) is 9.13. The van der Waals surface area contributed by atoms with Crippen molar-refractivity contribution in [3.05, 3.63) is 29.6 Å². The minimum absolute atomic E-state index is 0.108. The number of Topliss-reactive ketones (excluding diaryl/α,β-unsaturated/α-hetero) is 1. The van der Waals surface area contributed by atoms with Crippen LogP contribution in [0.2, 0.25) is 0 Å². The largest absolute Gasteiger partial charge is 0.396 e. The predicted molar refractivity (Wildman–Crippen MR) is 73.1 cm³/mol. The second-order valence-electron chi connectivity index (χ2n) is 5.08. The van der Waals surface area contributed by atoms with Gasteiger partial charge in [-0.15, -0.1) is 0 Å². The summed E-state index contributed by atoms with van der Waals surface area (Å²) in [5.74, 6) is -0.478. The lowest BCUT2D eigenvalue weighted by Gasteiger charge is -2.39. The Kier molecular flexibility index (Phi) is 4.53. The maximum atomic E-state index is 14.2. The van der Waals surface area contributed by atoms with Gasteiger partial charge in [0, 0.05) is 24.8 Å². The van der Waals surface area contributed by atoms with Crippen LogP contribution in [-0.2, 0) is 0 Å². The van der Waals surface area contributed by atoms with Gasteiger partial charge < -0.3 is 10.0 Å². The molecule has 1 aromatic rings. The van der Waals surface area contributed by atoms with Crippen LogP contribution in [-0.4, -0.2) is 30.1 Å². The van der Waals surface area contributed by atoms with E-state index in [-0.39, 0.29) is 18.2 Å². The fraction of sp³-hybridized carbons (Fsp3) is 0.533. The maximum absolute atomic E-state index is 14.2. The third-order valence-electron chi connectivity index (χ3n) is 3.74. The molecule has 0 spiro atoms. The fourth-order valence-corrected chi connectivity index (χ4v) is 2.40. The van der Waals surface area contributed by atoms with Crippen molar-refractivity contribution in [1.29, 1.82) is 0 Å². The predicted octanol–water partition coefficient (Wildman–Crippen LogP) is 2.77. The summed E-state index contributed by atoms with van der Waals surface area (Å²) >= 11 is 0. The summed E-state index contributed by atoms with van der Waals surface area (Å²) in [6, 6.07) is 5.03. The first-order valence-electron chi connectivity index (χ1n) is 6.81. The molecular weight excluding hydrogens is 245 g/mol. The highest BCUT2D eigenvalue weighted by molar-refractivity contribution is 5.94. The summed E-state index contributed by atoms with van der Waals surface area (Å²) in [5, 5.41) is 8.96. The Balaban J connectivity index is 2.22. The Hall–Kier alpha value is -1.42. The number of hydrogen-bond acceptors (Lipinski definition) is 3. The molecular formula is C15H20FNO2. The molecule has 1 saturated carbocycles. The Morgan fingerprint density at radius 2 is 2.21 bits per heavy atom. The monoisotopic (exact) mass is 265 g/mol. The Bertz CT molecular complexity index is 457. The standard InChI is InChI=1S/C15H20FNO2/c1-11(19)12-6-7-15(14(16)10-12)17(8-3-9-18)13-4-2-5-13/h6-7,10,13,18H,2-5,8-9H2,1H3. The summed E-state index contributed by atoms with van der Waals surface area (Å²) in [6.45, 7) is 2.19. The van der Waals surface area contributed by atoms with E-state index in [1.165, 1.54) is 19.4 Å². The van der Waals surface area contributed by atoms with Crippen molar-refractivity contribution < 1.29 is 14.3 Å². The maximum Gasteiger partial charge on any atom is 0.159 e. The second-order valence-corrected chi connectivity index (χ2v) is 5.08. The molecule has 0 heterocycles. The van der Waals surface area contributed by atoms with Crippen LogP contribution >= 0.6 is 0 Å². The van der Waals surface area contributed by atoms with E-state index in [9.17, 15) is 9.18 Å². The van der Waals surface area contributed by atoms with Crippen LogP contribution in [0.25, 0.3) is 0 Å². The van der Waals surface area contributed by atoms with Gasteiger partial charge in [0.15, 0.2) is 5.78 Å². The number of carbonyl (C=O) groups is 1. The third-order valence-corrected chi connectivity index (χ3v) is 3.74. The van der Waals surface area contributed by atoms with E-state index in [2.05, 4.69) is 0 Å². The van der Waals surface area contributed by atoms with Gasteiger partial charge >= 0.3 is 0 Å². The van der Waals surface area contributed by atoms with Crippen LogP contribution in [0.4, 0.5) is 10.1 Å². The summed E-state index contributed by atoms with van der Waals surface area (Å²) in [6.07, 6.45) is 3.94. The first-order valence-corrected chi connectivity index (χ1v) is 6.81. The third kappa shape index (κ3) is 3.13. The summed E-state index contributed by atoms with van der Waals surface area (Å²) in [7, 11) is 0. The van der Waals surface area contributed by atoms with Gasteiger partial charge in [0.2, 0.25) is 0 Å². The van der Waals surface area contributed by atoms with Gasteiger partial charge in [-0.25, -0.2) is 4.39 Å². The number of aliphatic hydroxyl groups is 1. The lowest BCUT2D eigenvalue weighted by atomic mass is 9.90. The van der Waals surface area contributed by atoms with Gasteiger partial charge in [-0.3, -0.25) is 4.79 Å². The highest BCUT2D eigenvalue weighted by atomic mass is 19.1. The molecule has 19 heavy (non-hydrogen) atoms. The average Bonchev–Trinajstić information content (AvgIpc) is 2.32. The molecule has 1 aliphatic carbocycles. The van der Waals surface area contributed by atoms with Crippen molar-refractivity contribution in [1.82, 2.24) is 0 Å². The molecule has 4 heteroatoms. The number of benzene rings is 1. The molecule has 1 aromatic carbocycles. The topological polar surface area (TPSA) is 40.5 Å². The summed E-state index contributed by atoms with van der Waals surface area (Å²) in [5.41, 5.74) is 0.945. The molecule has 1 N–H and O–H groups in total. The van der Waals surface area contributed by atoms with E-state index in [4.69, 9.17) is 5.11 Å². The molecule has 0 bridgehead atoms. The van der Waals surface area contributed by atoms with E-state index in [1.54, 1.807) is 12.1 Å². The smallest absolute Gasteiger partial charge is 0.159 e. The number of ketones is 1. The SMILES string of the molecule is CC(=O)c1ccc(N(CCCO)C2CCC2)c(F)c1. The lowest BCUT2D eigenvalue weighted by molar-refractivity contribution is 0.101. The molecule has 1 aliphatic rings. The van der Waals surface area contributed by atoms with Gasteiger partial charge in [-0.2, -0.15) is 0 Å². The van der Waals surface area contributed by atoms with Crippen molar-refractivity contribution in [3.8, 4) is 0 Å². The number of nitrogens with zero attached hydrogens (tertiary/aromatic N) is 1. The van der Waals surface area contributed by atoms with E-state index in [0.29, 0.717) is 30.3 Å². The van der Waals surface area contributed by atoms with Crippen LogP contribution in [0.3, 0.4) is 0 Å². The van der Waals surface area contributed by atoms with Crippen LogP contribution < -0.4 is 4.90 Å². The van der Waals surface area contributed by atoms with E-state index in [0.717, 1.165) is 12.8 Å². The Morgan fingerprint density at radius 1 is 1.47 bits per heavy atom. The zero-order chi connectivity index (χ0) is 13.8. The van der Waals surface area contributed by atoms with Gasteiger partial charge in [0.25, 0.3) is 0 Å². The molecule has 0 amide bonds. The van der Waals surface area contributed by atoms with E-state index >= 15 is 0 Å². The molecule has 1 fully saturated rings. The number of rotatable bonds is 6. The molecule has 2 rings (SSSR count). The fourth-order valence-electron chi connectivity index (χ4n) is 2.40. The van der Waals surface area contributed by atoms with E-state index in [1.807, 2.05) is 4.90 Å². The minimum Gasteiger partial charge on any atom is -0.396 e. The quantitative estimate of drug-likeness (QED) is 0.804. The van der Waals surface area contributed by atoms with Gasteiger partial charge in [0.1, 0.15) is 5.82 Å². The normalized spacial score (nSPS) is 15.1. The summed E-state index contributed by atoms with van der Waals surface area (Å²) in [4.78, 5) is 13.3. The van der Waals surface area contributed by atoms with Gasteiger partial charge in [-0.05, 0) is 50.8 Å². The first kappa shape index (κ1) is 14.0. The van der Waals surface area contributed by atoms with Crippen LogP contribution in [0, 0.1) is 5.82 Å². The number of carbonyl (C=O) groups excluding carboxylic acids is 1.